The van der Waals surface area contributed by atoms with Crippen molar-refractivity contribution in [1.29, 1.82) is 0 Å². The average Bonchev–Trinajstić information content (AvgIpc) is 2.34. The molecular weight excluding hydrogens is 243 g/mol. The number of hydrogen-bond acceptors (Lipinski definition) is 2. The maximum Gasteiger partial charge on any atom is 0.161 e. The van der Waals surface area contributed by atoms with E-state index < -0.39 is 29.2 Å². The number of halogens is 3. The van der Waals surface area contributed by atoms with E-state index in [9.17, 15) is 13.2 Å². The first-order valence-corrected chi connectivity index (χ1v) is 5.98. The van der Waals surface area contributed by atoms with Crippen molar-refractivity contribution < 1.29 is 17.9 Å². The second-order valence-corrected chi connectivity index (χ2v) is 4.83. The molecule has 2 atom stereocenters. The Kier molecular flexibility index (Phi) is 3.64. The van der Waals surface area contributed by atoms with Gasteiger partial charge in [0.05, 0.1) is 11.7 Å². The molecule has 0 spiro atoms. The number of ether oxygens (including phenoxy) is 1. The molecule has 1 N–H and O–H groups in total. The first-order chi connectivity index (χ1) is 8.45. The molecule has 18 heavy (non-hydrogen) atoms. The van der Waals surface area contributed by atoms with E-state index in [0.29, 0.717) is 19.2 Å². The molecule has 0 saturated carbocycles. The molecule has 0 aromatic heterocycles. The Bertz CT molecular complexity index is 452. The third kappa shape index (κ3) is 2.52. The summed E-state index contributed by atoms with van der Waals surface area (Å²) in [5.41, 5.74) is -0.360. The van der Waals surface area contributed by atoms with Crippen LogP contribution in [0.4, 0.5) is 13.2 Å². The SMILES string of the molecule is CCC1(C)CNCC(c2cc(F)c(F)cc2F)O1. The maximum atomic E-state index is 13.7. The zero-order valence-corrected chi connectivity index (χ0v) is 10.4. The molecule has 1 fully saturated rings. The fraction of sp³-hybridized carbons (Fsp3) is 0.538. The summed E-state index contributed by atoms with van der Waals surface area (Å²) in [6, 6.07) is 1.43. The van der Waals surface area contributed by atoms with Gasteiger partial charge in [-0.3, -0.25) is 0 Å². The molecule has 1 heterocycles. The van der Waals surface area contributed by atoms with Gasteiger partial charge < -0.3 is 10.1 Å². The fourth-order valence-corrected chi connectivity index (χ4v) is 2.06. The van der Waals surface area contributed by atoms with Gasteiger partial charge in [0.25, 0.3) is 0 Å². The predicted octanol–water partition coefficient (Wildman–Crippen LogP) is 2.93. The molecule has 0 bridgehead atoms. The third-order valence-electron chi connectivity index (χ3n) is 3.39. The van der Waals surface area contributed by atoms with Crippen molar-refractivity contribution >= 4 is 0 Å². The minimum absolute atomic E-state index is 0.0563. The van der Waals surface area contributed by atoms with Gasteiger partial charge in [-0.2, -0.15) is 0 Å². The van der Waals surface area contributed by atoms with Crippen molar-refractivity contribution in [3.63, 3.8) is 0 Å². The molecular formula is C13H16F3NO. The molecule has 1 aliphatic heterocycles. The molecule has 1 aromatic carbocycles. The van der Waals surface area contributed by atoms with E-state index in [1.165, 1.54) is 0 Å². The fourth-order valence-electron chi connectivity index (χ4n) is 2.06. The molecule has 100 valence electrons. The molecule has 2 unspecified atom stereocenters. The van der Waals surface area contributed by atoms with Crippen LogP contribution >= 0.6 is 0 Å². The Hall–Kier alpha value is -1.07. The minimum atomic E-state index is -1.18. The smallest absolute Gasteiger partial charge is 0.161 e. The van der Waals surface area contributed by atoms with Crippen LogP contribution in [0.15, 0.2) is 12.1 Å². The third-order valence-corrected chi connectivity index (χ3v) is 3.39. The Morgan fingerprint density at radius 3 is 2.61 bits per heavy atom. The lowest BCUT2D eigenvalue weighted by molar-refractivity contribution is -0.110. The van der Waals surface area contributed by atoms with Gasteiger partial charge in [-0.25, -0.2) is 13.2 Å². The normalized spacial score (nSPS) is 28.4. The van der Waals surface area contributed by atoms with E-state index in [1.54, 1.807) is 0 Å². The lowest BCUT2D eigenvalue weighted by Gasteiger charge is -2.39. The first kappa shape index (κ1) is 13.4. The highest BCUT2D eigenvalue weighted by atomic mass is 19.2. The Balaban J connectivity index is 2.29. The summed E-state index contributed by atoms with van der Waals surface area (Å²) >= 11 is 0. The van der Waals surface area contributed by atoms with Crippen molar-refractivity contribution in [2.75, 3.05) is 13.1 Å². The topological polar surface area (TPSA) is 21.3 Å². The van der Waals surface area contributed by atoms with E-state index >= 15 is 0 Å². The molecule has 0 radical (unpaired) electrons. The van der Waals surface area contributed by atoms with Crippen LogP contribution in [0.2, 0.25) is 0 Å². The van der Waals surface area contributed by atoms with Crippen molar-refractivity contribution in [2.45, 2.75) is 32.0 Å². The van der Waals surface area contributed by atoms with E-state index in [0.717, 1.165) is 12.5 Å². The highest BCUT2D eigenvalue weighted by Gasteiger charge is 2.33. The van der Waals surface area contributed by atoms with Crippen LogP contribution in [0.25, 0.3) is 0 Å². The monoisotopic (exact) mass is 259 g/mol. The van der Waals surface area contributed by atoms with Gasteiger partial charge in [-0.1, -0.05) is 6.92 Å². The van der Waals surface area contributed by atoms with E-state index in [-0.39, 0.29) is 5.56 Å². The van der Waals surface area contributed by atoms with Crippen LogP contribution < -0.4 is 5.32 Å². The summed E-state index contributed by atoms with van der Waals surface area (Å²) in [7, 11) is 0. The lowest BCUT2D eigenvalue weighted by atomic mass is 9.98. The van der Waals surface area contributed by atoms with Crippen molar-refractivity contribution in [2.24, 2.45) is 0 Å². The summed E-state index contributed by atoms with van der Waals surface area (Å²) in [4.78, 5) is 0. The molecule has 2 rings (SSSR count). The summed E-state index contributed by atoms with van der Waals surface area (Å²) in [5, 5.41) is 3.13. The van der Waals surface area contributed by atoms with Crippen LogP contribution in [0, 0.1) is 17.5 Å². The highest BCUT2D eigenvalue weighted by molar-refractivity contribution is 5.23. The van der Waals surface area contributed by atoms with E-state index in [2.05, 4.69) is 5.32 Å². The van der Waals surface area contributed by atoms with Gasteiger partial charge in [-0.15, -0.1) is 0 Å². The molecule has 1 saturated heterocycles. The second-order valence-electron chi connectivity index (χ2n) is 4.83. The molecule has 0 aliphatic carbocycles. The Labute approximate surface area is 104 Å². The van der Waals surface area contributed by atoms with Crippen LogP contribution in [-0.4, -0.2) is 18.7 Å². The zero-order chi connectivity index (χ0) is 13.3. The van der Waals surface area contributed by atoms with Crippen molar-refractivity contribution in [3.8, 4) is 0 Å². The summed E-state index contributed by atoms with van der Waals surface area (Å²) < 4.78 is 45.5. The van der Waals surface area contributed by atoms with Crippen molar-refractivity contribution in [1.82, 2.24) is 5.32 Å². The van der Waals surface area contributed by atoms with Crippen LogP contribution in [0.3, 0.4) is 0 Å². The van der Waals surface area contributed by atoms with Crippen molar-refractivity contribution in [3.05, 3.63) is 35.1 Å². The van der Waals surface area contributed by atoms with Crippen LogP contribution in [0.1, 0.15) is 31.9 Å². The predicted molar refractivity (Wildman–Crippen MR) is 61.7 cm³/mol. The molecule has 2 nitrogen and oxygen atoms in total. The summed E-state index contributed by atoms with van der Waals surface area (Å²) in [5.74, 6) is -3.02. The standard InChI is InChI=1S/C13H16F3NO/c1-3-13(2)7-17-6-12(18-13)8-4-10(15)11(16)5-9(8)14/h4-5,12,17H,3,6-7H2,1-2H3. The van der Waals surface area contributed by atoms with Gasteiger partial charge in [-0.05, 0) is 19.4 Å². The van der Waals surface area contributed by atoms with Gasteiger partial charge in [0.1, 0.15) is 5.82 Å². The summed E-state index contributed by atoms with van der Waals surface area (Å²) in [6.45, 7) is 4.92. The highest BCUT2D eigenvalue weighted by Crippen LogP contribution is 2.31. The summed E-state index contributed by atoms with van der Waals surface area (Å²) in [6.07, 6.45) is 0.153. The largest absolute Gasteiger partial charge is 0.365 e. The molecule has 0 amide bonds. The lowest BCUT2D eigenvalue weighted by Crippen LogP contribution is -2.48. The van der Waals surface area contributed by atoms with Gasteiger partial charge >= 0.3 is 0 Å². The van der Waals surface area contributed by atoms with Gasteiger partial charge in [0.2, 0.25) is 0 Å². The van der Waals surface area contributed by atoms with E-state index in [4.69, 9.17) is 4.74 Å². The Morgan fingerprint density at radius 1 is 1.28 bits per heavy atom. The van der Waals surface area contributed by atoms with E-state index in [1.807, 2.05) is 13.8 Å². The maximum absolute atomic E-state index is 13.7. The quantitative estimate of drug-likeness (QED) is 0.824. The molecule has 1 aromatic rings. The first-order valence-electron chi connectivity index (χ1n) is 5.98. The second kappa shape index (κ2) is 4.90. The number of morpholine rings is 1. The number of benzene rings is 1. The number of rotatable bonds is 2. The Morgan fingerprint density at radius 2 is 1.94 bits per heavy atom. The minimum Gasteiger partial charge on any atom is -0.365 e. The molecule has 1 aliphatic rings. The number of nitrogens with one attached hydrogen (secondary N) is 1. The molecule has 5 heteroatoms. The average molecular weight is 259 g/mol. The zero-order valence-electron chi connectivity index (χ0n) is 10.4. The van der Waals surface area contributed by atoms with Crippen LogP contribution in [0.5, 0.6) is 0 Å². The van der Waals surface area contributed by atoms with Crippen LogP contribution in [-0.2, 0) is 4.74 Å². The van der Waals surface area contributed by atoms with Gasteiger partial charge in [0, 0.05) is 24.7 Å². The number of hydrogen-bond donors (Lipinski definition) is 1. The van der Waals surface area contributed by atoms with Gasteiger partial charge in [0.15, 0.2) is 11.6 Å².